The summed E-state index contributed by atoms with van der Waals surface area (Å²) >= 11 is 0. The van der Waals surface area contributed by atoms with Crippen LogP contribution in [0.1, 0.15) is 5.56 Å². The molecule has 13 nitrogen and oxygen atoms in total. The number of benzene rings is 6. The first kappa shape index (κ1) is 36.1. The Bertz CT molecular complexity index is 2800. The molecule has 9 rings (SSSR count). The Hall–Kier alpha value is -5.87. The third-order valence-corrected chi connectivity index (χ3v) is 12.9. The second-order valence-corrected chi connectivity index (χ2v) is 16.8. The molecule has 282 valence electrons. The molecule has 0 saturated carbocycles. The molecule has 0 radical (unpaired) electrons. The molecule has 5 N–H and O–H groups in total. The van der Waals surface area contributed by atoms with Crippen molar-refractivity contribution in [1.29, 1.82) is 0 Å². The van der Waals surface area contributed by atoms with Gasteiger partial charge in [0.05, 0.1) is 39.7 Å². The van der Waals surface area contributed by atoms with Crippen LogP contribution in [0.15, 0.2) is 124 Å². The molecule has 1 aromatic heterocycles. The van der Waals surface area contributed by atoms with E-state index in [1.807, 2.05) is 42.5 Å². The highest BCUT2D eigenvalue weighted by atomic mass is 32.2. The SMILES string of the molecule is Nc1ccc2c(c1CS(=O)(=O)c1cccc3ccccc13)O[C@@H](CO)CO2.O=S(=O)(c1cccc2ccccc12)c1[nH]nc2ccc3c(c12)O[C@@H](CO)CO3. The summed E-state index contributed by atoms with van der Waals surface area (Å²) in [6.45, 7) is -0.0793. The quantitative estimate of drug-likeness (QED) is 0.154. The van der Waals surface area contributed by atoms with Crippen molar-refractivity contribution >= 4 is 57.8 Å². The molecule has 0 amide bonds. The first-order chi connectivity index (χ1) is 26.6. The fourth-order valence-corrected chi connectivity index (χ4v) is 9.92. The Morgan fingerprint density at radius 3 is 1.87 bits per heavy atom. The van der Waals surface area contributed by atoms with Gasteiger partial charge in [-0.1, -0.05) is 72.8 Å². The fraction of sp³-hybridized carbons (Fsp3) is 0.175. The molecule has 55 heavy (non-hydrogen) atoms. The number of nitrogens with zero attached hydrogens (tertiary/aromatic N) is 1. The van der Waals surface area contributed by atoms with Crippen molar-refractivity contribution < 1.29 is 46.0 Å². The zero-order valence-electron chi connectivity index (χ0n) is 29.1. The standard InChI is InChI=1S/C20H16N2O5S.C20H19NO5S/c23-10-13-11-26-16-9-8-15-18(19(16)27-13)20(22-21-15)28(24,25)17-7-3-5-12-4-1-2-6-14(12)17;21-17-8-9-18-20(26-14(10-22)11-25-18)16(17)12-27(23,24)19-7-3-5-13-4-1-2-6-15(13)19/h1-9,13,23H,10-11H2,(H,21,22);1-9,14,22H,10-12,21H2/t13-;14-/m00/s1. The molecule has 6 aromatic carbocycles. The van der Waals surface area contributed by atoms with Crippen molar-refractivity contribution in [2.24, 2.45) is 0 Å². The summed E-state index contributed by atoms with van der Waals surface area (Å²) in [7, 11) is -7.62. The minimum Gasteiger partial charge on any atom is -0.486 e. The summed E-state index contributed by atoms with van der Waals surface area (Å²) in [5, 5.41) is 28.8. The number of ether oxygens (including phenoxy) is 4. The lowest BCUT2D eigenvalue weighted by molar-refractivity contribution is 0.0450. The van der Waals surface area contributed by atoms with Crippen LogP contribution in [-0.2, 0) is 25.4 Å². The van der Waals surface area contributed by atoms with Gasteiger partial charge in [0.2, 0.25) is 9.84 Å². The van der Waals surface area contributed by atoms with Gasteiger partial charge >= 0.3 is 0 Å². The largest absolute Gasteiger partial charge is 0.486 e. The maximum absolute atomic E-state index is 13.5. The van der Waals surface area contributed by atoms with E-state index in [1.165, 1.54) is 0 Å². The molecule has 0 unspecified atom stereocenters. The van der Waals surface area contributed by atoms with Gasteiger partial charge in [0.25, 0.3) is 0 Å². The lowest BCUT2D eigenvalue weighted by atomic mass is 10.1. The van der Waals surface area contributed by atoms with Crippen LogP contribution < -0.4 is 24.7 Å². The molecule has 7 aromatic rings. The van der Waals surface area contributed by atoms with Gasteiger partial charge in [-0.15, -0.1) is 0 Å². The monoisotopic (exact) mass is 781 g/mol. The number of aliphatic hydroxyl groups excluding tert-OH is 2. The molecule has 0 aliphatic carbocycles. The number of rotatable bonds is 7. The number of H-pyrrole nitrogens is 1. The number of hydrogen-bond donors (Lipinski definition) is 4. The number of nitrogen functional groups attached to an aromatic ring is 1. The third kappa shape index (κ3) is 6.65. The molecule has 2 atom stereocenters. The molecule has 0 bridgehead atoms. The highest BCUT2D eigenvalue weighted by molar-refractivity contribution is 7.92. The van der Waals surface area contributed by atoms with Crippen LogP contribution in [0.3, 0.4) is 0 Å². The first-order valence-electron chi connectivity index (χ1n) is 17.3. The van der Waals surface area contributed by atoms with E-state index < -0.39 is 31.9 Å². The lowest BCUT2D eigenvalue weighted by Crippen LogP contribution is -2.33. The number of aromatic amines is 1. The topological polar surface area (TPSA) is 200 Å². The van der Waals surface area contributed by atoms with Gasteiger partial charge in [-0.3, -0.25) is 5.10 Å². The summed E-state index contributed by atoms with van der Waals surface area (Å²) in [6.07, 6.45) is -1.13. The Balaban J connectivity index is 0.000000155. The van der Waals surface area contributed by atoms with Crippen molar-refractivity contribution in [2.45, 2.75) is 32.8 Å². The highest BCUT2D eigenvalue weighted by Crippen LogP contribution is 2.43. The van der Waals surface area contributed by atoms with E-state index in [2.05, 4.69) is 10.2 Å². The number of nitrogens with two attached hydrogens (primary N) is 1. The van der Waals surface area contributed by atoms with E-state index in [-0.39, 0.29) is 58.5 Å². The molecule has 3 heterocycles. The fourth-order valence-electron chi connectivity index (χ4n) is 6.69. The van der Waals surface area contributed by atoms with E-state index in [1.54, 1.807) is 66.7 Å². The van der Waals surface area contributed by atoms with Crippen molar-refractivity contribution in [3.8, 4) is 23.0 Å². The molecule has 0 spiro atoms. The van der Waals surface area contributed by atoms with Gasteiger partial charge in [0, 0.05) is 22.0 Å². The molecule has 0 fully saturated rings. The maximum Gasteiger partial charge on any atom is 0.224 e. The predicted octanol–water partition coefficient (Wildman–Crippen LogP) is 5.21. The zero-order chi connectivity index (χ0) is 38.3. The third-order valence-electron chi connectivity index (χ3n) is 9.42. The Labute approximate surface area is 315 Å². The van der Waals surface area contributed by atoms with Crippen molar-refractivity contribution in [3.63, 3.8) is 0 Å². The summed E-state index contributed by atoms with van der Waals surface area (Å²) in [5.74, 6) is 1.09. The number of aliphatic hydroxyl groups is 2. The van der Waals surface area contributed by atoms with Crippen LogP contribution in [0.5, 0.6) is 23.0 Å². The number of fused-ring (bicyclic) bond motifs is 6. The summed E-state index contributed by atoms with van der Waals surface area (Å²) in [4.78, 5) is 0.428. The summed E-state index contributed by atoms with van der Waals surface area (Å²) < 4.78 is 76.3. The van der Waals surface area contributed by atoms with Crippen LogP contribution >= 0.6 is 0 Å². The van der Waals surface area contributed by atoms with E-state index in [4.69, 9.17) is 24.7 Å². The molecule has 2 aliphatic heterocycles. The average molecular weight is 782 g/mol. The maximum atomic E-state index is 13.5. The average Bonchev–Trinajstić information content (AvgIpc) is 3.67. The number of nitrogens with one attached hydrogen (secondary N) is 1. The van der Waals surface area contributed by atoms with Crippen molar-refractivity contribution in [2.75, 3.05) is 32.2 Å². The number of sulfone groups is 2. The van der Waals surface area contributed by atoms with E-state index in [0.717, 1.165) is 10.8 Å². The van der Waals surface area contributed by atoms with Crippen LogP contribution in [0.2, 0.25) is 0 Å². The molecular weight excluding hydrogens is 747 g/mol. The second-order valence-electron chi connectivity index (χ2n) is 13.0. The Kier molecular flexibility index (Phi) is 9.47. The van der Waals surface area contributed by atoms with Gasteiger partial charge in [0.15, 0.2) is 50.1 Å². The van der Waals surface area contributed by atoms with E-state index in [0.29, 0.717) is 44.4 Å². The molecule has 2 aliphatic rings. The minimum atomic E-state index is -3.92. The number of hydrogen-bond acceptors (Lipinski definition) is 12. The molecule has 0 saturated heterocycles. The molecular formula is C40H35N3O10S2. The van der Waals surface area contributed by atoms with Gasteiger partial charge < -0.3 is 34.9 Å². The van der Waals surface area contributed by atoms with Crippen LogP contribution in [0, 0.1) is 0 Å². The van der Waals surface area contributed by atoms with Gasteiger partial charge in [0.1, 0.15) is 13.2 Å². The van der Waals surface area contributed by atoms with Crippen molar-refractivity contribution in [1.82, 2.24) is 10.2 Å². The van der Waals surface area contributed by atoms with E-state index >= 15 is 0 Å². The van der Waals surface area contributed by atoms with Crippen molar-refractivity contribution in [3.05, 3.63) is 115 Å². The number of anilines is 1. The van der Waals surface area contributed by atoms with Gasteiger partial charge in [-0.05, 0) is 47.2 Å². The minimum absolute atomic E-state index is 0.0575. The highest BCUT2D eigenvalue weighted by Gasteiger charge is 2.32. The van der Waals surface area contributed by atoms with Crippen LogP contribution in [-0.4, -0.2) is 75.9 Å². The van der Waals surface area contributed by atoms with Crippen LogP contribution in [0.25, 0.3) is 32.4 Å². The Morgan fingerprint density at radius 1 is 0.673 bits per heavy atom. The van der Waals surface area contributed by atoms with Crippen LogP contribution in [0.4, 0.5) is 5.69 Å². The second kappa shape index (κ2) is 14.4. The van der Waals surface area contributed by atoms with E-state index in [9.17, 15) is 27.0 Å². The molecule has 15 heteroatoms. The Morgan fingerprint density at radius 2 is 1.22 bits per heavy atom. The number of aromatic nitrogens is 2. The normalized spacial score (nSPS) is 16.5. The predicted molar refractivity (Wildman–Crippen MR) is 205 cm³/mol. The summed E-state index contributed by atoms with van der Waals surface area (Å²) in [5.41, 5.74) is 7.16. The van der Waals surface area contributed by atoms with Gasteiger partial charge in [-0.2, -0.15) is 5.10 Å². The lowest BCUT2D eigenvalue weighted by Gasteiger charge is -2.27. The zero-order valence-corrected chi connectivity index (χ0v) is 30.7. The first-order valence-corrected chi connectivity index (χ1v) is 20.4. The smallest absolute Gasteiger partial charge is 0.224 e. The van der Waals surface area contributed by atoms with Gasteiger partial charge in [-0.25, -0.2) is 16.8 Å². The summed E-state index contributed by atoms with van der Waals surface area (Å²) in [6, 6.07) is 31.6.